The summed E-state index contributed by atoms with van der Waals surface area (Å²) in [7, 11) is 0. The van der Waals surface area contributed by atoms with Gasteiger partial charge in [-0.3, -0.25) is 14.9 Å². The number of nitro groups is 1. The van der Waals surface area contributed by atoms with Gasteiger partial charge in [0, 0.05) is 37.8 Å². The van der Waals surface area contributed by atoms with E-state index < -0.39 is 22.4 Å². The van der Waals surface area contributed by atoms with Crippen LogP contribution in [0.25, 0.3) is 0 Å². The van der Waals surface area contributed by atoms with Crippen molar-refractivity contribution in [3.63, 3.8) is 0 Å². The van der Waals surface area contributed by atoms with Crippen molar-refractivity contribution in [2.75, 3.05) is 31.1 Å². The van der Waals surface area contributed by atoms with E-state index in [0.717, 1.165) is 12.1 Å². The van der Waals surface area contributed by atoms with Gasteiger partial charge in [-0.1, -0.05) is 6.07 Å². The molecule has 0 radical (unpaired) electrons. The zero-order valence-electron chi connectivity index (χ0n) is 15.0. The lowest BCUT2D eigenvalue weighted by atomic mass is 10.1. The molecule has 3 rings (SSSR count). The Bertz CT molecular complexity index is 993. The minimum atomic E-state index is -4.67. The van der Waals surface area contributed by atoms with Crippen LogP contribution in [-0.4, -0.2) is 41.9 Å². The first-order valence-corrected chi connectivity index (χ1v) is 8.60. The van der Waals surface area contributed by atoms with Crippen molar-refractivity contribution in [1.29, 1.82) is 5.26 Å². The third-order valence-corrected chi connectivity index (χ3v) is 4.65. The molecule has 0 aromatic heterocycles. The molecule has 1 fully saturated rings. The number of piperazine rings is 1. The van der Waals surface area contributed by atoms with Crippen molar-refractivity contribution in [2.24, 2.45) is 0 Å². The van der Waals surface area contributed by atoms with Gasteiger partial charge in [0.05, 0.1) is 22.1 Å². The molecule has 1 amide bonds. The maximum atomic E-state index is 12.9. The van der Waals surface area contributed by atoms with E-state index in [-0.39, 0.29) is 37.8 Å². The second-order valence-corrected chi connectivity index (χ2v) is 6.43. The SMILES string of the molecule is N#Cc1cccc(C(=O)N2CCN(c3ccc(C(F)(F)F)cc3[N+](=O)[O-])CC2)c1. The Morgan fingerprint density at radius 3 is 2.38 bits per heavy atom. The van der Waals surface area contributed by atoms with Gasteiger partial charge in [0.1, 0.15) is 5.69 Å². The van der Waals surface area contributed by atoms with E-state index in [2.05, 4.69) is 0 Å². The van der Waals surface area contributed by atoms with Gasteiger partial charge < -0.3 is 9.80 Å². The molecular formula is C19H15F3N4O3. The van der Waals surface area contributed by atoms with E-state index in [1.54, 1.807) is 28.0 Å². The van der Waals surface area contributed by atoms with Crippen LogP contribution in [0.15, 0.2) is 42.5 Å². The standard InChI is InChI=1S/C19H15F3N4O3/c20-19(21,22)15-4-5-16(17(11-15)26(28)29)24-6-8-25(9-7-24)18(27)14-3-1-2-13(10-14)12-23/h1-5,10-11H,6-9H2. The fraction of sp³-hybridized carbons (Fsp3) is 0.263. The molecule has 0 atom stereocenters. The molecule has 0 N–H and O–H groups in total. The van der Waals surface area contributed by atoms with Crippen LogP contribution in [0.1, 0.15) is 21.5 Å². The number of carbonyl (C=O) groups excluding carboxylic acids is 1. The Labute approximate surface area is 163 Å². The summed E-state index contributed by atoms with van der Waals surface area (Å²) in [5.74, 6) is -0.274. The largest absolute Gasteiger partial charge is 0.416 e. The average molecular weight is 404 g/mol. The molecule has 2 aromatic carbocycles. The first-order chi connectivity index (χ1) is 13.7. The summed E-state index contributed by atoms with van der Waals surface area (Å²) in [6.45, 7) is 0.952. The molecule has 7 nitrogen and oxygen atoms in total. The number of hydrogen-bond acceptors (Lipinski definition) is 5. The van der Waals surface area contributed by atoms with Crippen molar-refractivity contribution in [3.8, 4) is 6.07 Å². The lowest BCUT2D eigenvalue weighted by Crippen LogP contribution is -2.49. The minimum absolute atomic E-state index is 0.0848. The van der Waals surface area contributed by atoms with Gasteiger partial charge in [0.15, 0.2) is 0 Å². The Morgan fingerprint density at radius 1 is 1.10 bits per heavy atom. The maximum absolute atomic E-state index is 12.9. The van der Waals surface area contributed by atoms with Crippen molar-refractivity contribution >= 4 is 17.3 Å². The highest BCUT2D eigenvalue weighted by Gasteiger charge is 2.34. The van der Waals surface area contributed by atoms with Gasteiger partial charge >= 0.3 is 6.18 Å². The number of amides is 1. The number of nitro benzene ring substituents is 1. The predicted molar refractivity (Wildman–Crippen MR) is 97.4 cm³/mol. The molecule has 150 valence electrons. The Morgan fingerprint density at radius 2 is 1.79 bits per heavy atom. The number of rotatable bonds is 3. The monoisotopic (exact) mass is 404 g/mol. The van der Waals surface area contributed by atoms with E-state index in [1.165, 1.54) is 6.07 Å². The van der Waals surface area contributed by atoms with Crippen molar-refractivity contribution in [3.05, 3.63) is 69.3 Å². The molecule has 29 heavy (non-hydrogen) atoms. The number of hydrogen-bond donors (Lipinski definition) is 0. The van der Waals surface area contributed by atoms with E-state index >= 15 is 0 Å². The number of nitrogens with zero attached hydrogens (tertiary/aromatic N) is 4. The fourth-order valence-corrected chi connectivity index (χ4v) is 3.17. The third-order valence-electron chi connectivity index (χ3n) is 4.65. The van der Waals surface area contributed by atoms with Crippen molar-refractivity contribution < 1.29 is 22.9 Å². The summed E-state index contributed by atoms with van der Waals surface area (Å²) in [5.41, 5.74) is -0.907. The first kappa shape index (κ1) is 20.1. The second-order valence-electron chi connectivity index (χ2n) is 6.43. The molecule has 1 aliphatic rings. The van der Waals surface area contributed by atoms with Crippen molar-refractivity contribution in [1.82, 2.24) is 4.90 Å². The summed E-state index contributed by atoms with van der Waals surface area (Å²) >= 11 is 0. The first-order valence-electron chi connectivity index (χ1n) is 8.60. The Balaban J connectivity index is 1.76. The molecule has 0 unspecified atom stereocenters. The predicted octanol–water partition coefficient (Wildman–Crippen LogP) is 3.45. The van der Waals surface area contributed by atoms with Gasteiger partial charge in [-0.25, -0.2) is 0 Å². The van der Waals surface area contributed by atoms with E-state index in [0.29, 0.717) is 17.2 Å². The van der Waals surface area contributed by atoms with Gasteiger partial charge in [0.2, 0.25) is 0 Å². The summed E-state index contributed by atoms with van der Waals surface area (Å²) in [4.78, 5) is 26.2. The molecule has 0 aliphatic carbocycles. The Kier molecular flexibility index (Phi) is 5.41. The smallest absolute Gasteiger partial charge is 0.362 e. The molecular weight excluding hydrogens is 389 g/mol. The molecule has 0 bridgehead atoms. The van der Waals surface area contributed by atoms with Crippen LogP contribution in [0.4, 0.5) is 24.5 Å². The van der Waals surface area contributed by atoms with Crippen LogP contribution in [0.3, 0.4) is 0 Å². The van der Waals surface area contributed by atoms with Crippen LogP contribution in [0.5, 0.6) is 0 Å². The van der Waals surface area contributed by atoms with E-state index in [9.17, 15) is 28.1 Å². The molecule has 10 heteroatoms. The highest BCUT2D eigenvalue weighted by atomic mass is 19.4. The van der Waals surface area contributed by atoms with Crippen LogP contribution >= 0.6 is 0 Å². The molecule has 1 heterocycles. The van der Waals surface area contributed by atoms with E-state index in [1.807, 2.05) is 6.07 Å². The maximum Gasteiger partial charge on any atom is 0.416 e. The lowest BCUT2D eigenvalue weighted by Gasteiger charge is -2.36. The van der Waals surface area contributed by atoms with E-state index in [4.69, 9.17) is 5.26 Å². The van der Waals surface area contributed by atoms with Crippen LogP contribution in [0, 0.1) is 21.4 Å². The average Bonchev–Trinajstić information content (AvgIpc) is 2.72. The van der Waals surface area contributed by atoms with Crippen molar-refractivity contribution in [2.45, 2.75) is 6.18 Å². The Hall–Kier alpha value is -3.61. The van der Waals surface area contributed by atoms with Crippen LogP contribution in [0.2, 0.25) is 0 Å². The van der Waals surface area contributed by atoms with Gasteiger partial charge in [0.25, 0.3) is 11.6 Å². The van der Waals surface area contributed by atoms with Gasteiger partial charge in [-0.05, 0) is 30.3 Å². The third kappa shape index (κ3) is 4.29. The molecule has 1 saturated heterocycles. The second kappa shape index (κ2) is 7.79. The normalized spacial score (nSPS) is 14.4. The number of alkyl halides is 3. The number of nitriles is 1. The molecule has 0 saturated carbocycles. The number of benzene rings is 2. The summed E-state index contributed by atoms with van der Waals surface area (Å²) in [6.07, 6.45) is -4.67. The highest BCUT2D eigenvalue weighted by Crippen LogP contribution is 2.36. The zero-order valence-corrected chi connectivity index (χ0v) is 15.0. The lowest BCUT2D eigenvalue weighted by molar-refractivity contribution is -0.384. The quantitative estimate of drug-likeness (QED) is 0.577. The zero-order chi connectivity index (χ0) is 21.2. The van der Waals surface area contributed by atoms with Gasteiger partial charge in [-0.2, -0.15) is 18.4 Å². The molecule has 2 aromatic rings. The van der Waals surface area contributed by atoms with Crippen LogP contribution < -0.4 is 4.90 Å². The van der Waals surface area contributed by atoms with Gasteiger partial charge in [-0.15, -0.1) is 0 Å². The molecule has 0 spiro atoms. The number of carbonyl (C=O) groups is 1. The summed E-state index contributed by atoms with van der Waals surface area (Å²) < 4.78 is 38.6. The summed E-state index contributed by atoms with van der Waals surface area (Å²) in [5, 5.41) is 20.2. The highest BCUT2D eigenvalue weighted by molar-refractivity contribution is 5.94. The summed E-state index contributed by atoms with van der Waals surface area (Å²) in [6, 6.07) is 10.7. The minimum Gasteiger partial charge on any atom is -0.362 e. The molecule has 1 aliphatic heterocycles. The number of anilines is 1. The topological polar surface area (TPSA) is 90.5 Å². The number of halogens is 3. The van der Waals surface area contributed by atoms with Crippen LogP contribution in [-0.2, 0) is 6.18 Å². The fourth-order valence-electron chi connectivity index (χ4n) is 3.17.